The van der Waals surface area contributed by atoms with Gasteiger partial charge in [-0.2, -0.15) is 13.2 Å². The minimum atomic E-state index is -4.51. The first-order valence-corrected chi connectivity index (χ1v) is 7.27. The Morgan fingerprint density at radius 3 is 2.83 bits per heavy atom. The van der Waals surface area contributed by atoms with Crippen LogP contribution < -0.4 is 10.1 Å². The van der Waals surface area contributed by atoms with Crippen molar-refractivity contribution >= 4 is 5.91 Å². The summed E-state index contributed by atoms with van der Waals surface area (Å²) in [6.07, 6.45) is -2.28. The summed E-state index contributed by atoms with van der Waals surface area (Å²) in [6.45, 7) is 5.02. The van der Waals surface area contributed by atoms with Gasteiger partial charge in [0.15, 0.2) is 0 Å². The molecule has 1 N–H and O–H groups in total. The summed E-state index contributed by atoms with van der Waals surface area (Å²) >= 11 is 0. The maximum Gasteiger partial charge on any atom is 0.416 e. The van der Waals surface area contributed by atoms with E-state index in [4.69, 9.17) is 4.74 Å². The highest BCUT2D eigenvalue weighted by Gasteiger charge is 2.33. The molecule has 2 rings (SSSR count). The first-order chi connectivity index (χ1) is 10.8. The number of halogens is 3. The molecule has 126 valence electrons. The molecular formula is C16H19F3N2O2. The smallest absolute Gasteiger partial charge is 0.416 e. The monoisotopic (exact) mass is 328 g/mol. The van der Waals surface area contributed by atoms with E-state index in [-0.39, 0.29) is 24.0 Å². The summed E-state index contributed by atoms with van der Waals surface area (Å²) in [5.74, 6) is -0.357. The van der Waals surface area contributed by atoms with Gasteiger partial charge in [0.2, 0.25) is 0 Å². The van der Waals surface area contributed by atoms with Crippen LogP contribution in [0.15, 0.2) is 30.9 Å². The second kappa shape index (κ2) is 7.04. The lowest BCUT2D eigenvalue weighted by molar-refractivity contribution is -0.137. The molecule has 0 aliphatic carbocycles. The lowest BCUT2D eigenvalue weighted by atomic mass is 10.1. The van der Waals surface area contributed by atoms with Gasteiger partial charge < -0.3 is 15.0 Å². The van der Waals surface area contributed by atoms with Crippen molar-refractivity contribution in [1.82, 2.24) is 10.2 Å². The van der Waals surface area contributed by atoms with Gasteiger partial charge in [-0.1, -0.05) is 12.7 Å². The summed E-state index contributed by atoms with van der Waals surface area (Å²) in [7, 11) is 1.59. The highest BCUT2D eigenvalue weighted by atomic mass is 19.4. The summed E-state index contributed by atoms with van der Waals surface area (Å²) in [5, 5.41) is 3.13. The lowest BCUT2D eigenvalue weighted by Crippen LogP contribution is -2.38. The maximum atomic E-state index is 12.9. The fourth-order valence-corrected chi connectivity index (χ4v) is 2.47. The maximum absolute atomic E-state index is 12.9. The fraction of sp³-hybridized carbons (Fsp3) is 0.438. The molecule has 1 amide bonds. The van der Waals surface area contributed by atoms with E-state index in [0.717, 1.165) is 25.1 Å². The molecule has 1 atom stereocenters. The quantitative estimate of drug-likeness (QED) is 0.845. The Kier molecular flexibility index (Phi) is 5.30. The normalized spacial score (nSPS) is 17.8. The second-order valence-electron chi connectivity index (χ2n) is 5.37. The van der Waals surface area contributed by atoms with E-state index in [1.165, 1.54) is 17.0 Å². The number of hydrogen-bond donors (Lipinski definition) is 1. The topological polar surface area (TPSA) is 41.6 Å². The predicted octanol–water partition coefficient (Wildman–Crippen LogP) is 2.70. The molecule has 1 fully saturated rings. The number of likely N-dealkylation sites (N-methyl/N-ethyl adjacent to an activating group) is 1. The average Bonchev–Trinajstić information content (AvgIpc) is 3.04. The number of amides is 1. The number of rotatable bonds is 5. The summed E-state index contributed by atoms with van der Waals surface area (Å²) in [6, 6.07) is 2.90. The van der Waals surface area contributed by atoms with Crippen LogP contribution in [0.1, 0.15) is 22.3 Å². The number of carbonyl (C=O) groups excluding carboxylic acids is 1. The van der Waals surface area contributed by atoms with Gasteiger partial charge >= 0.3 is 6.18 Å². The van der Waals surface area contributed by atoms with Gasteiger partial charge in [-0.05, 0) is 31.2 Å². The van der Waals surface area contributed by atoms with Gasteiger partial charge in [-0.25, -0.2) is 0 Å². The number of nitrogens with one attached hydrogen (secondary N) is 1. The molecule has 1 unspecified atom stereocenters. The number of alkyl halides is 3. The molecule has 1 heterocycles. The molecule has 4 nitrogen and oxygen atoms in total. The number of benzene rings is 1. The highest BCUT2D eigenvalue weighted by molar-refractivity contribution is 5.97. The van der Waals surface area contributed by atoms with Gasteiger partial charge in [0.1, 0.15) is 12.4 Å². The Balaban J connectivity index is 2.34. The van der Waals surface area contributed by atoms with Crippen LogP contribution in [0.3, 0.4) is 0 Å². The van der Waals surface area contributed by atoms with E-state index < -0.39 is 17.6 Å². The molecule has 0 spiro atoms. The van der Waals surface area contributed by atoms with E-state index in [1.54, 1.807) is 7.05 Å². The largest absolute Gasteiger partial charge is 0.489 e. The Labute approximate surface area is 132 Å². The van der Waals surface area contributed by atoms with Crippen molar-refractivity contribution in [3.8, 4) is 5.75 Å². The van der Waals surface area contributed by atoms with Crippen molar-refractivity contribution in [2.75, 3.05) is 26.7 Å². The minimum absolute atomic E-state index is 0.0377. The Morgan fingerprint density at radius 2 is 2.26 bits per heavy atom. The van der Waals surface area contributed by atoms with Crippen LogP contribution in [-0.4, -0.2) is 43.6 Å². The van der Waals surface area contributed by atoms with Gasteiger partial charge in [0.25, 0.3) is 5.91 Å². The molecule has 0 saturated carbocycles. The molecule has 23 heavy (non-hydrogen) atoms. The van der Waals surface area contributed by atoms with E-state index in [2.05, 4.69) is 11.9 Å². The Bertz CT molecular complexity index is 581. The van der Waals surface area contributed by atoms with E-state index in [0.29, 0.717) is 6.54 Å². The molecule has 0 radical (unpaired) electrons. The van der Waals surface area contributed by atoms with Crippen molar-refractivity contribution in [1.29, 1.82) is 0 Å². The van der Waals surface area contributed by atoms with Crippen molar-refractivity contribution in [2.45, 2.75) is 18.6 Å². The third-order valence-corrected chi connectivity index (χ3v) is 3.80. The van der Waals surface area contributed by atoms with E-state index >= 15 is 0 Å². The SMILES string of the molecule is C=CCOc1ccc(C(F)(F)F)cc1C(=O)N(C)C1CCNC1. The van der Waals surface area contributed by atoms with Crippen LogP contribution in [0.25, 0.3) is 0 Å². The number of hydrogen-bond acceptors (Lipinski definition) is 3. The molecular weight excluding hydrogens is 309 g/mol. The van der Waals surface area contributed by atoms with Crippen LogP contribution in [-0.2, 0) is 6.18 Å². The van der Waals surface area contributed by atoms with Crippen molar-refractivity contribution in [3.05, 3.63) is 42.0 Å². The number of ether oxygens (including phenoxy) is 1. The average molecular weight is 328 g/mol. The number of nitrogens with zero attached hydrogens (tertiary/aromatic N) is 1. The van der Waals surface area contributed by atoms with Crippen molar-refractivity contribution in [3.63, 3.8) is 0 Å². The Hall–Kier alpha value is -2.02. The highest BCUT2D eigenvalue weighted by Crippen LogP contribution is 2.33. The van der Waals surface area contributed by atoms with Crippen LogP contribution in [0.4, 0.5) is 13.2 Å². The molecule has 1 aromatic carbocycles. The first-order valence-electron chi connectivity index (χ1n) is 7.27. The molecule has 1 saturated heterocycles. The van der Waals surface area contributed by atoms with Crippen molar-refractivity contribution < 1.29 is 22.7 Å². The second-order valence-corrected chi connectivity index (χ2v) is 5.37. The summed E-state index contributed by atoms with van der Waals surface area (Å²) < 4.78 is 44.1. The predicted molar refractivity (Wildman–Crippen MR) is 80.5 cm³/mol. The van der Waals surface area contributed by atoms with Gasteiger partial charge in [0, 0.05) is 19.6 Å². The summed E-state index contributed by atoms with van der Waals surface area (Å²) in [4.78, 5) is 14.1. The zero-order chi connectivity index (χ0) is 17.0. The van der Waals surface area contributed by atoms with Crippen LogP contribution >= 0.6 is 0 Å². The fourth-order valence-electron chi connectivity index (χ4n) is 2.47. The zero-order valence-electron chi connectivity index (χ0n) is 12.8. The first kappa shape index (κ1) is 17.3. The molecule has 1 aliphatic heterocycles. The summed E-state index contributed by atoms with van der Waals surface area (Å²) in [5.41, 5.74) is -0.958. The van der Waals surface area contributed by atoms with Crippen molar-refractivity contribution in [2.24, 2.45) is 0 Å². The molecule has 0 aromatic heterocycles. The zero-order valence-corrected chi connectivity index (χ0v) is 12.8. The van der Waals surface area contributed by atoms with Gasteiger partial charge in [-0.3, -0.25) is 4.79 Å². The molecule has 7 heteroatoms. The van der Waals surface area contributed by atoms with Gasteiger partial charge in [0.05, 0.1) is 11.1 Å². The molecule has 1 aliphatic rings. The third-order valence-electron chi connectivity index (χ3n) is 3.80. The Morgan fingerprint density at radius 1 is 1.52 bits per heavy atom. The van der Waals surface area contributed by atoms with E-state index in [1.807, 2.05) is 0 Å². The van der Waals surface area contributed by atoms with Crippen LogP contribution in [0.2, 0.25) is 0 Å². The lowest BCUT2D eigenvalue weighted by Gasteiger charge is -2.25. The minimum Gasteiger partial charge on any atom is -0.489 e. The molecule has 0 bridgehead atoms. The van der Waals surface area contributed by atoms with E-state index in [9.17, 15) is 18.0 Å². The standard InChI is InChI=1S/C16H19F3N2O2/c1-3-8-23-14-5-4-11(16(17,18)19)9-13(14)15(22)21(2)12-6-7-20-10-12/h3-5,9,12,20H,1,6-8,10H2,2H3. The number of carbonyl (C=O) groups is 1. The third kappa shape index (κ3) is 4.04. The van der Waals surface area contributed by atoms with Gasteiger partial charge in [-0.15, -0.1) is 0 Å². The van der Waals surface area contributed by atoms with Crippen LogP contribution in [0, 0.1) is 0 Å². The van der Waals surface area contributed by atoms with Crippen LogP contribution in [0.5, 0.6) is 5.75 Å². The molecule has 1 aromatic rings.